The van der Waals surface area contributed by atoms with Gasteiger partial charge < -0.3 is 5.11 Å². The average Bonchev–Trinajstić information content (AvgIpc) is 2.07. The topological polar surface area (TPSA) is 41.9 Å². The lowest BCUT2D eigenvalue weighted by molar-refractivity contribution is -0.0433. The van der Waals surface area contributed by atoms with Crippen molar-refractivity contribution in [3.63, 3.8) is 0 Å². The fraction of sp³-hybridized carbons (Fsp3) is 0.250. The van der Waals surface area contributed by atoms with Crippen LogP contribution >= 0.6 is 0 Å². The fourth-order valence-corrected chi connectivity index (χ4v) is 0.892. The quantitative estimate of drug-likeness (QED) is 0.693. The maximum Gasteiger partial charge on any atom is 0.117 e. The number of anilines is 1. The number of nitrogens with zero attached hydrogens (tertiary/aromatic N) is 1. The highest BCUT2D eigenvalue weighted by Gasteiger charge is 2.03. The molecule has 0 aliphatic carbocycles. The first-order valence-electron chi connectivity index (χ1n) is 3.45. The molecular weight excluding hydrogens is 158 g/mol. The van der Waals surface area contributed by atoms with E-state index in [0.717, 1.165) is 0 Å². The molecule has 12 heavy (non-hydrogen) atoms. The van der Waals surface area contributed by atoms with Crippen LogP contribution in [0.5, 0.6) is 5.75 Å². The SMILES string of the molecule is CON(OC)c1cccc(O)c1. The lowest BCUT2D eigenvalue weighted by Crippen LogP contribution is -2.19. The van der Waals surface area contributed by atoms with Gasteiger partial charge >= 0.3 is 0 Å². The predicted molar refractivity (Wildman–Crippen MR) is 44.6 cm³/mol. The van der Waals surface area contributed by atoms with Gasteiger partial charge in [-0.05, 0) is 12.1 Å². The smallest absolute Gasteiger partial charge is 0.117 e. The number of hydrogen-bond donors (Lipinski definition) is 1. The highest BCUT2D eigenvalue weighted by molar-refractivity contribution is 5.46. The Hall–Kier alpha value is -1.26. The van der Waals surface area contributed by atoms with Crippen molar-refractivity contribution in [1.29, 1.82) is 0 Å². The molecule has 66 valence electrons. The third kappa shape index (κ3) is 1.87. The van der Waals surface area contributed by atoms with Crippen LogP contribution in [0.4, 0.5) is 5.69 Å². The van der Waals surface area contributed by atoms with Crippen LogP contribution < -0.4 is 5.23 Å². The van der Waals surface area contributed by atoms with E-state index in [1.54, 1.807) is 18.2 Å². The van der Waals surface area contributed by atoms with Crippen LogP contribution in [-0.2, 0) is 9.68 Å². The number of phenolic OH excluding ortho intramolecular Hbond substituents is 1. The number of phenols is 1. The summed E-state index contributed by atoms with van der Waals surface area (Å²) >= 11 is 0. The summed E-state index contributed by atoms with van der Waals surface area (Å²) in [7, 11) is 2.96. The minimum absolute atomic E-state index is 0.173. The van der Waals surface area contributed by atoms with Crippen LogP contribution in [0.15, 0.2) is 24.3 Å². The third-order valence-corrected chi connectivity index (χ3v) is 1.37. The maximum atomic E-state index is 9.12. The second-order valence-electron chi connectivity index (χ2n) is 2.14. The highest BCUT2D eigenvalue weighted by Crippen LogP contribution is 2.19. The zero-order chi connectivity index (χ0) is 8.97. The van der Waals surface area contributed by atoms with Crippen LogP contribution in [0.3, 0.4) is 0 Å². The van der Waals surface area contributed by atoms with E-state index in [4.69, 9.17) is 14.8 Å². The Morgan fingerprint density at radius 2 is 1.92 bits per heavy atom. The Labute approximate surface area is 70.9 Å². The molecule has 0 unspecified atom stereocenters. The summed E-state index contributed by atoms with van der Waals surface area (Å²) in [6.45, 7) is 0. The summed E-state index contributed by atoms with van der Waals surface area (Å²) in [5, 5.41) is 10.3. The summed E-state index contributed by atoms with van der Waals surface area (Å²) in [6, 6.07) is 6.57. The van der Waals surface area contributed by atoms with Crippen molar-refractivity contribution in [1.82, 2.24) is 0 Å². The minimum atomic E-state index is 0.173. The average molecular weight is 169 g/mol. The first-order chi connectivity index (χ1) is 5.77. The molecule has 1 aromatic rings. The zero-order valence-electron chi connectivity index (χ0n) is 7.02. The van der Waals surface area contributed by atoms with Gasteiger partial charge in [-0.2, -0.15) is 0 Å². The minimum Gasteiger partial charge on any atom is -0.508 e. The van der Waals surface area contributed by atoms with E-state index >= 15 is 0 Å². The predicted octanol–water partition coefficient (Wildman–Crippen LogP) is 1.32. The zero-order valence-corrected chi connectivity index (χ0v) is 7.02. The fourth-order valence-electron chi connectivity index (χ4n) is 0.892. The van der Waals surface area contributed by atoms with Gasteiger partial charge in [-0.25, -0.2) is 0 Å². The Morgan fingerprint density at radius 1 is 1.25 bits per heavy atom. The summed E-state index contributed by atoms with van der Waals surface area (Å²) in [5.74, 6) is 0.173. The molecule has 0 spiro atoms. The van der Waals surface area contributed by atoms with Gasteiger partial charge in [0.2, 0.25) is 0 Å². The van der Waals surface area contributed by atoms with Gasteiger partial charge in [0.1, 0.15) is 5.75 Å². The molecule has 0 atom stereocenters. The number of hydrogen-bond acceptors (Lipinski definition) is 4. The van der Waals surface area contributed by atoms with E-state index in [-0.39, 0.29) is 5.75 Å². The molecule has 1 rings (SSSR count). The van der Waals surface area contributed by atoms with Crippen LogP contribution in [-0.4, -0.2) is 19.3 Å². The molecule has 0 fully saturated rings. The van der Waals surface area contributed by atoms with Gasteiger partial charge in [0.25, 0.3) is 0 Å². The molecule has 4 nitrogen and oxygen atoms in total. The lowest BCUT2D eigenvalue weighted by Gasteiger charge is -2.17. The molecule has 0 amide bonds. The number of aromatic hydroxyl groups is 1. The summed E-state index contributed by atoms with van der Waals surface area (Å²) < 4.78 is 0. The molecule has 0 radical (unpaired) electrons. The van der Waals surface area contributed by atoms with Crippen molar-refractivity contribution < 1.29 is 14.8 Å². The van der Waals surface area contributed by atoms with E-state index < -0.39 is 0 Å². The van der Waals surface area contributed by atoms with Crippen LogP contribution in [0, 0.1) is 0 Å². The molecule has 0 saturated heterocycles. The first kappa shape index (κ1) is 8.83. The maximum absolute atomic E-state index is 9.12. The summed E-state index contributed by atoms with van der Waals surface area (Å²) in [4.78, 5) is 9.68. The van der Waals surface area contributed by atoms with E-state index in [0.29, 0.717) is 5.69 Å². The van der Waals surface area contributed by atoms with Gasteiger partial charge in [-0.3, -0.25) is 9.68 Å². The molecule has 0 heterocycles. The van der Waals surface area contributed by atoms with Gasteiger partial charge in [-0.1, -0.05) is 6.07 Å². The second kappa shape index (κ2) is 3.94. The number of benzene rings is 1. The molecule has 0 aromatic heterocycles. The van der Waals surface area contributed by atoms with Crippen molar-refractivity contribution in [3.8, 4) is 5.75 Å². The molecule has 0 bridgehead atoms. The second-order valence-corrected chi connectivity index (χ2v) is 2.14. The van der Waals surface area contributed by atoms with Crippen molar-refractivity contribution in [2.45, 2.75) is 0 Å². The van der Waals surface area contributed by atoms with E-state index in [2.05, 4.69) is 0 Å². The van der Waals surface area contributed by atoms with Crippen molar-refractivity contribution >= 4 is 5.69 Å². The third-order valence-electron chi connectivity index (χ3n) is 1.37. The van der Waals surface area contributed by atoms with Crippen molar-refractivity contribution in [2.24, 2.45) is 0 Å². The molecule has 0 aliphatic rings. The summed E-state index contributed by atoms with van der Waals surface area (Å²) in [6.07, 6.45) is 0. The van der Waals surface area contributed by atoms with E-state index in [1.165, 1.54) is 25.5 Å². The molecule has 4 heteroatoms. The van der Waals surface area contributed by atoms with Crippen molar-refractivity contribution in [3.05, 3.63) is 24.3 Å². The summed E-state index contributed by atoms with van der Waals surface area (Å²) in [5.41, 5.74) is 0.639. The Kier molecular flexibility index (Phi) is 2.90. The highest BCUT2D eigenvalue weighted by atomic mass is 16.9. The normalized spacial score (nSPS) is 9.83. The van der Waals surface area contributed by atoms with Crippen LogP contribution in [0.1, 0.15) is 0 Å². The molecule has 1 N–H and O–H groups in total. The number of rotatable bonds is 3. The molecule has 0 aliphatic heterocycles. The first-order valence-corrected chi connectivity index (χ1v) is 3.45. The van der Waals surface area contributed by atoms with Crippen LogP contribution in [0.2, 0.25) is 0 Å². The molecular formula is C8H11NO3. The van der Waals surface area contributed by atoms with E-state index in [9.17, 15) is 0 Å². The monoisotopic (exact) mass is 169 g/mol. The Morgan fingerprint density at radius 3 is 2.42 bits per heavy atom. The Bertz CT molecular complexity index is 248. The van der Waals surface area contributed by atoms with Gasteiger partial charge in [0.05, 0.1) is 19.9 Å². The molecule has 0 saturated carbocycles. The van der Waals surface area contributed by atoms with Gasteiger partial charge in [0, 0.05) is 6.07 Å². The van der Waals surface area contributed by atoms with Gasteiger partial charge in [-0.15, -0.1) is 5.23 Å². The largest absolute Gasteiger partial charge is 0.508 e. The van der Waals surface area contributed by atoms with Crippen molar-refractivity contribution in [2.75, 3.05) is 19.4 Å². The van der Waals surface area contributed by atoms with E-state index in [1.807, 2.05) is 0 Å². The standard InChI is InChI=1S/C8H11NO3/c1-11-9(12-2)7-4-3-5-8(10)6-7/h3-6,10H,1-2H3. The van der Waals surface area contributed by atoms with Gasteiger partial charge in [0.15, 0.2) is 0 Å². The lowest BCUT2D eigenvalue weighted by atomic mass is 10.3. The Balaban J connectivity index is 2.85. The molecule has 1 aromatic carbocycles. The van der Waals surface area contributed by atoms with Crippen LogP contribution in [0.25, 0.3) is 0 Å².